The van der Waals surface area contributed by atoms with E-state index >= 15 is 0 Å². The topological polar surface area (TPSA) is 21.3 Å². The van der Waals surface area contributed by atoms with Crippen LogP contribution in [0.4, 0.5) is 4.39 Å². The summed E-state index contributed by atoms with van der Waals surface area (Å²) in [6.07, 6.45) is 0. The van der Waals surface area contributed by atoms with Gasteiger partial charge in [0.1, 0.15) is 6.61 Å². The minimum absolute atomic E-state index is 0.121. The molecule has 0 amide bonds. The Balaban J connectivity index is 2.04. The summed E-state index contributed by atoms with van der Waals surface area (Å²) in [5, 5.41) is 3.08. The Morgan fingerprint density at radius 3 is 2.45 bits per heavy atom. The Morgan fingerprint density at radius 2 is 1.85 bits per heavy atom. The van der Waals surface area contributed by atoms with Crippen molar-refractivity contribution in [3.8, 4) is 5.75 Å². The maximum Gasteiger partial charge on any atom is 0.165 e. The molecule has 1 unspecified atom stereocenters. The molecule has 0 aromatic heterocycles. The van der Waals surface area contributed by atoms with Gasteiger partial charge in [0, 0.05) is 6.04 Å². The normalized spacial score (nSPS) is 12.2. The molecule has 2 rings (SSSR count). The van der Waals surface area contributed by atoms with Gasteiger partial charge in [-0.05, 0) is 44.2 Å². The van der Waals surface area contributed by atoms with E-state index in [1.54, 1.807) is 6.07 Å². The largest absolute Gasteiger partial charge is 0.486 e. The molecule has 0 saturated carbocycles. The number of benzene rings is 2. The third kappa shape index (κ3) is 3.58. The number of nitrogens with one attached hydrogen (secondary N) is 1. The molecule has 0 spiro atoms. The maximum atomic E-state index is 14.0. The van der Waals surface area contributed by atoms with Crippen LogP contribution in [0, 0.1) is 12.7 Å². The zero-order valence-electron chi connectivity index (χ0n) is 12.1. The van der Waals surface area contributed by atoms with Crippen LogP contribution in [-0.2, 0) is 6.61 Å². The number of halogens is 1. The second kappa shape index (κ2) is 6.53. The highest BCUT2D eigenvalue weighted by atomic mass is 19.1. The van der Waals surface area contributed by atoms with Crippen LogP contribution in [0.5, 0.6) is 5.75 Å². The van der Waals surface area contributed by atoms with Crippen molar-refractivity contribution in [2.45, 2.75) is 26.5 Å². The van der Waals surface area contributed by atoms with Crippen LogP contribution in [0.1, 0.15) is 29.7 Å². The highest BCUT2D eigenvalue weighted by Crippen LogP contribution is 2.22. The molecule has 2 aromatic carbocycles. The smallest absolute Gasteiger partial charge is 0.165 e. The fourth-order valence-electron chi connectivity index (χ4n) is 1.92. The van der Waals surface area contributed by atoms with Gasteiger partial charge in [0.25, 0.3) is 0 Å². The number of ether oxygens (including phenoxy) is 1. The first-order chi connectivity index (χ1) is 9.60. The van der Waals surface area contributed by atoms with E-state index in [4.69, 9.17) is 4.74 Å². The van der Waals surface area contributed by atoms with Gasteiger partial charge in [-0.15, -0.1) is 0 Å². The molecule has 106 valence electrons. The zero-order valence-corrected chi connectivity index (χ0v) is 12.1. The summed E-state index contributed by atoms with van der Waals surface area (Å²) in [6, 6.07) is 13.2. The molecule has 1 atom stereocenters. The van der Waals surface area contributed by atoms with Crippen molar-refractivity contribution >= 4 is 0 Å². The van der Waals surface area contributed by atoms with Crippen molar-refractivity contribution in [3.05, 3.63) is 65.0 Å². The van der Waals surface area contributed by atoms with E-state index in [1.807, 2.05) is 51.2 Å². The van der Waals surface area contributed by atoms with E-state index in [1.165, 1.54) is 11.6 Å². The molecule has 0 fully saturated rings. The summed E-state index contributed by atoms with van der Waals surface area (Å²) in [5.41, 5.74) is 3.14. The van der Waals surface area contributed by atoms with Crippen LogP contribution < -0.4 is 10.1 Å². The molecule has 20 heavy (non-hydrogen) atoms. The summed E-state index contributed by atoms with van der Waals surface area (Å²) in [5.74, 6) is -0.0330. The van der Waals surface area contributed by atoms with Gasteiger partial charge >= 0.3 is 0 Å². The molecule has 0 aliphatic heterocycles. The number of hydrogen-bond donors (Lipinski definition) is 1. The predicted octanol–water partition coefficient (Wildman–Crippen LogP) is 3.99. The fourth-order valence-corrected chi connectivity index (χ4v) is 1.92. The molecule has 0 heterocycles. The van der Waals surface area contributed by atoms with Gasteiger partial charge in [0.05, 0.1) is 0 Å². The average molecular weight is 273 g/mol. The lowest BCUT2D eigenvalue weighted by Crippen LogP contribution is -2.12. The first-order valence-corrected chi connectivity index (χ1v) is 6.75. The van der Waals surface area contributed by atoms with Gasteiger partial charge < -0.3 is 10.1 Å². The Labute approximate surface area is 119 Å². The van der Waals surface area contributed by atoms with Crippen LogP contribution >= 0.6 is 0 Å². The van der Waals surface area contributed by atoms with E-state index in [0.717, 1.165) is 11.1 Å². The summed E-state index contributed by atoms with van der Waals surface area (Å²) >= 11 is 0. The van der Waals surface area contributed by atoms with E-state index in [-0.39, 0.29) is 17.6 Å². The van der Waals surface area contributed by atoms with Crippen LogP contribution in [-0.4, -0.2) is 7.05 Å². The summed E-state index contributed by atoms with van der Waals surface area (Å²) in [7, 11) is 1.85. The second-order valence-corrected chi connectivity index (χ2v) is 4.97. The molecule has 0 aliphatic carbocycles. The van der Waals surface area contributed by atoms with Gasteiger partial charge in [-0.3, -0.25) is 0 Å². The molecular formula is C17H20FNO. The van der Waals surface area contributed by atoms with Gasteiger partial charge in [-0.1, -0.05) is 35.9 Å². The molecule has 1 N–H and O–H groups in total. The Hall–Kier alpha value is -1.87. The van der Waals surface area contributed by atoms with E-state index in [2.05, 4.69) is 5.32 Å². The van der Waals surface area contributed by atoms with Crippen molar-refractivity contribution in [3.63, 3.8) is 0 Å². The van der Waals surface area contributed by atoms with Crippen molar-refractivity contribution in [2.24, 2.45) is 0 Å². The van der Waals surface area contributed by atoms with Crippen LogP contribution in [0.3, 0.4) is 0 Å². The van der Waals surface area contributed by atoms with Crippen molar-refractivity contribution < 1.29 is 9.13 Å². The molecule has 0 bridgehead atoms. The van der Waals surface area contributed by atoms with E-state index < -0.39 is 0 Å². The molecular weight excluding hydrogens is 253 g/mol. The summed E-state index contributed by atoms with van der Waals surface area (Å²) < 4.78 is 19.5. The van der Waals surface area contributed by atoms with Gasteiger partial charge in [-0.2, -0.15) is 0 Å². The third-order valence-electron chi connectivity index (χ3n) is 3.40. The van der Waals surface area contributed by atoms with Gasteiger partial charge in [-0.25, -0.2) is 4.39 Å². The minimum atomic E-state index is -0.322. The van der Waals surface area contributed by atoms with Gasteiger partial charge in [0.2, 0.25) is 0 Å². The molecule has 0 saturated heterocycles. The maximum absolute atomic E-state index is 14.0. The lowest BCUT2D eigenvalue weighted by atomic mass is 10.1. The monoisotopic (exact) mass is 273 g/mol. The lowest BCUT2D eigenvalue weighted by molar-refractivity contribution is 0.290. The Morgan fingerprint density at radius 1 is 1.15 bits per heavy atom. The predicted molar refractivity (Wildman–Crippen MR) is 79.4 cm³/mol. The van der Waals surface area contributed by atoms with Gasteiger partial charge in [0.15, 0.2) is 11.6 Å². The fraction of sp³-hybridized carbons (Fsp3) is 0.294. The van der Waals surface area contributed by atoms with E-state index in [9.17, 15) is 4.39 Å². The van der Waals surface area contributed by atoms with Crippen molar-refractivity contribution in [2.75, 3.05) is 7.05 Å². The van der Waals surface area contributed by atoms with Crippen LogP contribution in [0.15, 0.2) is 42.5 Å². The van der Waals surface area contributed by atoms with E-state index in [0.29, 0.717) is 6.61 Å². The Kier molecular flexibility index (Phi) is 4.74. The SMILES string of the molecule is CNC(C)c1ccc(OCc2ccc(C)cc2)c(F)c1. The van der Waals surface area contributed by atoms with Crippen LogP contribution in [0.2, 0.25) is 0 Å². The minimum Gasteiger partial charge on any atom is -0.486 e. The quantitative estimate of drug-likeness (QED) is 0.889. The highest BCUT2D eigenvalue weighted by Gasteiger charge is 2.08. The van der Waals surface area contributed by atoms with Crippen LogP contribution in [0.25, 0.3) is 0 Å². The number of aryl methyl sites for hydroxylation is 1. The zero-order chi connectivity index (χ0) is 14.5. The molecule has 2 aromatic rings. The molecule has 3 heteroatoms. The average Bonchev–Trinajstić information content (AvgIpc) is 2.46. The number of rotatable bonds is 5. The standard InChI is InChI=1S/C17H20FNO/c1-12-4-6-14(7-5-12)11-20-17-9-8-15(10-16(17)18)13(2)19-3/h4-10,13,19H,11H2,1-3H3. The molecule has 0 radical (unpaired) electrons. The van der Waals surface area contributed by atoms with Crippen molar-refractivity contribution in [1.29, 1.82) is 0 Å². The second-order valence-electron chi connectivity index (χ2n) is 4.97. The first-order valence-electron chi connectivity index (χ1n) is 6.75. The Bertz CT molecular complexity index is 566. The molecule has 2 nitrogen and oxygen atoms in total. The summed E-state index contributed by atoms with van der Waals surface area (Å²) in [6.45, 7) is 4.39. The molecule has 0 aliphatic rings. The first kappa shape index (κ1) is 14.5. The number of hydrogen-bond acceptors (Lipinski definition) is 2. The summed E-state index contributed by atoms with van der Waals surface area (Å²) in [4.78, 5) is 0. The highest BCUT2D eigenvalue weighted by molar-refractivity contribution is 5.31. The third-order valence-corrected chi connectivity index (χ3v) is 3.40. The van der Waals surface area contributed by atoms with Crippen molar-refractivity contribution in [1.82, 2.24) is 5.32 Å². The lowest BCUT2D eigenvalue weighted by Gasteiger charge is -2.13.